The Morgan fingerprint density at radius 3 is 2.72 bits per heavy atom. The van der Waals surface area contributed by atoms with Gasteiger partial charge in [0.1, 0.15) is 0 Å². The zero-order valence-corrected chi connectivity index (χ0v) is 18.6. The predicted molar refractivity (Wildman–Crippen MR) is 126 cm³/mol. The molecule has 0 aliphatic carbocycles. The van der Waals surface area contributed by atoms with Gasteiger partial charge in [-0.15, -0.1) is 10.2 Å². The summed E-state index contributed by atoms with van der Waals surface area (Å²) in [5.41, 5.74) is 3.74. The molecule has 1 aromatic heterocycles. The first kappa shape index (κ1) is 23.2. The summed E-state index contributed by atoms with van der Waals surface area (Å²) in [5, 5.41) is 24.5. The first-order chi connectivity index (χ1) is 15.5. The van der Waals surface area contributed by atoms with Gasteiger partial charge in [-0.05, 0) is 49.4 Å². The molecular weight excluding hydrogens is 452 g/mol. The molecule has 9 nitrogen and oxygen atoms in total. The molecule has 0 radical (unpaired) electrons. The Hall–Kier alpha value is -3.50. The number of nitrogens with zero attached hydrogens (tertiary/aromatic N) is 5. The Labute approximate surface area is 193 Å². The predicted octanol–water partition coefficient (Wildman–Crippen LogP) is 4.43. The number of nitro groups is 1. The molecule has 0 fully saturated rings. The van der Waals surface area contributed by atoms with E-state index >= 15 is 0 Å². The lowest BCUT2D eigenvalue weighted by atomic mass is 10.2. The van der Waals surface area contributed by atoms with Gasteiger partial charge in [-0.3, -0.25) is 14.9 Å². The van der Waals surface area contributed by atoms with Gasteiger partial charge in [0.05, 0.1) is 16.2 Å². The zero-order valence-electron chi connectivity index (χ0n) is 17.0. The van der Waals surface area contributed by atoms with Gasteiger partial charge >= 0.3 is 0 Å². The van der Waals surface area contributed by atoms with E-state index in [4.69, 9.17) is 11.6 Å². The quantitative estimate of drug-likeness (QED) is 0.214. The number of carbonyl (C=O) groups excluding carboxylic acids is 1. The van der Waals surface area contributed by atoms with Gasteiger partial charge in [-0.25, -0.2) is 5.43 Å². The summed E-state index contributed by atoms with van der Waals surface area (Å²) in [7, 11) is 0. The Morgan fingerprint density at radius 2 is 2.00 bits per heavy atom. The second-order valence-electron chi connectivity index (χ2n) is 6.33. The van der Waals surface area contributed by atoms with Crippen LogP contribution in [0.2, 0.25) is 5.02 Å². The van der Waals surface area contributed by atoms with Gasteiger partial charge in [0.15, 0.2) is 11.0 Å². The minimum Gasteiger partial charge on any atom is -0.302 e. The van der Waals surface area contributed by atoms with E-state index in [2.05, 4.69) is 20.7 Å². The Bertz CT molecular complexity index is 1160. The van der Waals surface area contributed by atoms with Crippen LogP contribution in [0.3, 0.4) is 0 Å². The van der Waals surface area contributed by atoms with Crippen LogP contribution in [0, 0.1) is 10.1 Å². The summed E-state index contributed by atoms with van der Waals surface area (Å²) in [6, 6.07) is 13.7. The van der Waals surface area contributed by atoms with E-state index in [9.17, 15) is 14.9 Å². The Kier molecular flexibility index (Phi) is 8.12. The standard InChI is InChI=1S/C21H19ClN6O3S/c1-2-27-20(16-9-11-17(22)12-10-16)25-26-21(27)32-14-19(29)24-23-13-5-7-15-6-3-4-8-18(15)28(30)31/h3-13H,2,14H2,1H3,(H,24,29)/b7-5+,23-13?. The van der Waals surface area contributed by atoms with E-state index < -0.39 is 4.92 Å². The van der Waals surface area contributed by atoms with E-state index in [0.29, 0.717) is 28.1 Å². The summed E-state index contributed by atoms with van der Waals surface area (Å²) >= 11 is 7.19. The van der Waals surface area contributed by atoms with Crippen molar-refractivity contribution in [2.45, 2.75) is 18.6 Å². The number of para-hydroxylation sites is 1. The number of thioether (sulfide) groups is 1. The van der Waals surface area contributed by atoms with E-state index in [0.717, 1.165) is 5.56 Å². The van der Waals surface area contributed by atoms with Crippen LogP contribution in [0.1, 0.15) is 12.5 Å². The molecule has 3 aromatic rings. The molecule has 0 atom stereocenters. The van der Waals surface area contributed by atoms with Crippen LogP contribution >= 0.6 is 23.4 Å². The number of halogens is 1. The normalized spacial score (nSPS) is 11.3. The molecule has 2 aromatic carbocycles. The van der Waals surface area contributed by atoms with Crippen molar-refractivity contribution in [3.05, 3.63) is 75.3 Å². The molecular formula is C21H19ClN6O3S. The largest absolute Gasteiger partial charge is 0.302 e. The monoisotopic (exact) mass is 470 g/mol. The van der Waals surface area contributed by atoms with Crippen molar-refractivity contribution in [3.63, 3.8) is 0 Å². The summed E-state index contributed by atoms with van der Waals surface area (Å²) in [4.78, 5) is 22.6. The van der Waals surface area contributed by atoms with Crippen LogP contribution in [0.25, 0.3) is 17.5 Å². The van der Waals surface area contributed by atoms with Gasteiger partial charge in [0.25, 0.3) is 11.6 Å². The molecule has 0 saturated carbocycles. The Morgan fingerprint density at radius 1 is 1.25 bits per heavy atom. The van der Waals surface area contributed by atoms with Crippen molar-refractivity contribution in [2.75, 3.05) is 5.75 Å². The molecule has 0 aliphatic heterocycles. The molecule has 11 heteroatoms. The maximum Gasteiger partial charge on any atom is 0.276 e. The van der Waals surface area contributed by atoms with Gasteiger partial charge in [-0.1, -0.05) is 35.5 Å². The molecule has 0 aliphatic rings. The highest BCUT2D eigenvalue weighted by molar-refractivity contribution is 7.99. The number of nitrogens with one attached hydrogen (secondary N) is 1. The summed E-state index contributed by atoms with van der Waals surface area (Å²) < 4.78 is 1.92. The number of hydrazone groups is 1. The van der Waals surface area contributed by atoms with Crippen molar-refractivity contribution in [3.8, 4) is 11.4 Å². The molecule has 1 N–H and O–H groups in total. The molecule has 32 heavy (non-hydrogen) atoms. The van der Waals surface area contributed by atoms with Crippen molar-refractivity contribution >= 4 is 47.2 Å². The average Bonchev–Trinajstić information content (AvgIpc) is 3.21. The number of hydrogen-bond donors (Lipinski definition) is 1. The van der Waals surface area contributed by atoms with E-state index in [1.54, 1.807) is 36.4 Å². The lowest BCUT2D eigenvalue weighted by Gasteiger charge is -2.07. The molecule has 3 rings (SSSR count). The van der Waals surface area contributed by atoms with Gasteiger partial charge in [0, 0.05) is 29.4 Å². The number of allylic oxidation sites excluding steroid dienone is 1. The lowest BCUT2D eigenvalue weighted by Crippen LogP contribution is -2.19. The maximum atomic E-state index is 12.1. The molecule has 164 valence electrons. The van der Waals surface area contributed by atoms with E-state index in [1.165, 1.54) is 30.1 Å². The van der Waals surface area contributed by atoms with Gasteiger partial charge in [0.2, 0.25) is 0 Å². The molecule has 0 unspecified atom stereocenters. The maximum absolute atomic E-state index is 12.1. The third-order valence-corrected chi connectivity index (χ3v) is 5.45. The van der Waals surface area contributed by atoms with E-state index in [-0.39, 0.29) is 17.3 Å². The van der Waals surface area contributed by atoms with Crippen LogP contribution in [0.15, 0.2) is 64.9 Å². The summed E-state index contributed by atoms with van der Waals surface area (Å²) in [6.45, 7) is 2.62. The lowest BCUT2D eigenvalue weighted by molar-refractivity contribution is -0.385. The fourth-order valence-corrected chi connectivity index (χ4v) is 3.67. The second kappa shape index (κ2) is 11.2. The van der Waals surface area contributed by atoms with Crippen molar-refractivity contribution in [1.29, 1.82) is 0 Å². The topological polar surface area (TPSA) is 115 Å². The first-order valence-corrected chi connectivity index (χ1v) is 10.9. The highest BCUT2D eigenvalue weighted by Crippen LogP contribution is 2.25. The van der Waals surface area contributed by atoms with Crippen LogP contribution in [0.5, 0.6) is 0 Å². The van der Waals surface area contributed by atoms with Crippen LogP contribution in [-0.4, -0.2) is 37.6 Å². The Balaban J connectivity index is 1.54. The number of aromatic nitrogens is 3. The second-order valence-corrected chi connectivity index (χ2v) is 7.71. The number of nitro benzene ring substituents is 1. The fraction of sp³-hybridized carbons (Fsp3) is 0.143. The molecule has 0 saturated heterocycles. The summed E-state index contributed by atoms with van der Waals surface area (Å²) in [5.74, 6) is 0.485. The first-order valence-electron chi connectivity index (χ1n) is 9.53. The van der Waals surface area contributed by atoms with Crippen LogP contribution in [0.4, 0.5) is 5.69 Å². The molecule has 1 heterocycles. The fourth-order valence-electron chi connectivity index (χ4n) is 2.75. The van der Waals surface area contributed by atoms with Crippen molar-refractivity contribution < 1.29 is 9.72 Å². The highest BCUT2D eigenvalue weighted by Gasteiger charge is 2.14. The number of hydrogen-bond acceptors (Lipinski definition) is 7. The number of amides is 1. The number of carbonyl (C=O) groups is 1. The van der Waals surface area contributed by atoms with Crippen LogP contribution < -0.4 is 5.43 Å². The zero-order chi connectivity index (χ0) is 22.9. The smallest absolute Gasteiger partial charge is 0.276 e. The van der Waals surface area contributed by atoms with Crippen LogP contribution in [-0.2, 0) is 11.3 Å². The minimum atomic E-state index is -0.455. The van der Waals surface area contributed by atoms with Crippen molar-refractivity contribution in [2.24, 2.45) is 5.10 Å². The van der Waals surface area contributed by atoms with Crippen molar-refractivity contribution in [1.82, 2.24) is 20.2 Å². The number of benzene rings is 2. The minimum absolute atomic E-state index is 0.00408. The SMILES string of the molecule is CCn1c(SCC(=O)NN=C/C=C/c2ccccc2[N+](=O)[O-])nnc1-c1ccc(Cl)cc1. The third kappa shape index (κ3) is 6.02. The van der Waals surface area contributed by atoms with E-state index in [1.807, 2.05) is 23.6 Å². The van der Waals surface area contributed by atoms with Gasteiger partial charge in [-0.2, -0.15) is 5.10 Å². The van der Waals surface area contributed by atoms with Gasteiger partial charge < -0.3 is 4.57 Å². The highest BCUT2D eigenvalue weighted by atomic mass is 35.5. The summed E-state index contributed by atoms with van der Waals surface area (Å²) in [6.07, 6.45) is 4.42. The molecule has 0 bridgehead atoms. The average molecular weight is 471 g/mol. The number of rotatable bonds is 9. The molecule has 0 spiro atoms. The molecule has 1 amide bonds. The third-order valence-electron chi connectivity index (χ3n) is 4.23.